The van der Waals surface area contributed by atoms with Gasteiger partial charge in [0.1, 0.15) is 23.9 Å². The molecule has 0 aliphatic carbocycles. The van der Waals surface area contributed by atoms with Gasteiger partial charge in [-0.05, 0) is 29.5 Å². The molecule has 0 spiro atoms. The highest BCUT2D eigenvalue weighted by Crippen LogP contribution is 2.27. The molecule has 0 saturated carbocycles. The Morgan fingerprint density at radius 3 is 2.35 bits per heavy atom. The highest BCUT2D eigenvalue weighted by molar-refractivity contribution is 5.89. The van der Waals surface area contributed by atoms with E-state index < -0.39 is 18.3 Å². The van der Waals surface area contributed by atoms with Crippen LogP contribution in [0.15, 0.2) is 54.6 Å². The van der Waals surface area contributed by atoms with Gasteiger partial charge >= 0.3 is 0 Å². The molecule has 3 aromatic rings. The molecule has 3 unspecified atom stereocenters. The van der Waals surface area contributed by atoms with Gasteiger partial charge in [0.05, 0.1) is 19.0 Å². The number of aryl methyl sites for hydroxylation is 1. The van der Waals surface area contributed by atoms with Gasteiger partial charge in [-0.15, -0.1) is 0 Å². The fraction of sp³-hybridized carbons (Fsp3) is 0.385. The zero-order valence-corrected chi connectivity index (χ0v) is 19.7. The van der Waals surface area contributed by atoms with E-state index in [4.69, 9.17) is 0 Å². The summed E-state index contributed by atoms with van der Waals surface area (Å²) in [5, 5.41) is 9.71. The molecule has 1 saturated heterocycles. The molecule has 1 fully saturated rings. The third-order valence-electron chi connectivity index (χ3n) is 6.19. The van der Waals surface area contributed by atoms with Crippen LogP contribution in [0.5, 0.6) is 0 Å². The molecule has 1 aromatic heterocycles. The lowest BCUT2D eigenvalue weighted by Crippen LogP contribution is -2.47. The average Bonchev–Trinajstić information content (AvgIpc) is 3.43. The summed E-state index contributed by atoms with van der Waals surface area (Å²) < 4.78 is 14.4. The topological polar surface area (TPSA) is 91.0 Å². The minimum Gasteiger partial charge on any atom is -0.343 e. The van der Waals surface area contributed by atoms with Crippen molar-refractivity contribution in [1.82, 2.24) is 25.4 Å². The summed E-state index contributed by atoms with van der Waals surface area (Å²) >= 11 is 0. The van der Waals surface area contributed by atoms with Crippen molar-refractivity contribution in [3.8, 4) is 0 Å². The SMILES string of the molecule is Cc1n[nH]c(CC(=O)N2CC(F)CC2C(=O)NC(c2ccccc2)c2ccc(C(C)C)cc2)n1. The molecule has 2 aromatic carbocycles. The molecule has 0 radical (unpaired) electrons. The number of H-pyrrole nitrogens is 1. The number of carbonyl (C=O) groups excluding carboxylic acids is 2. The fourth-order valence-electron chi connectivity index (χ4n) is 4.34. The summed E-state index contributed by atoms with van der Waals surface area (Å²) in [6.07, 6.45) is -1.34. The smallest absolute Gasteiger partial charge is 0.243 e. The van der Waals surface area contributed by atoms with Gasteiger partial charge in [0.15, 0.2) is 0 Å². The number of amides is 2. The van der Waals surface area contributed by atoms with Crippen LogP contribution in [0.25, 0.3) is 0 Å². The normalized spacial score (nSPS) is 18.8. The highest BCUT2D eigenvalue weighted by Gasteiger charge is 2.40. The number of aromatic nitrogens is 3. The number of carbonyl (C=O) groups is 2. The van der Waals surface area contributed by atoms with Gasteiger partial charge in [-0.2, -0.15) is 5.10 Å². The molecule has 178 valence electrons. The van der Waals surface area contributed by atoms with Crippen LogP contribution in [0, 0.1) is 6.92 Å². The minimum atomic E-state index is -1.25. The Bertz CT molecular complexity index is 1130. The van der Waals surface area contributed by atoms with Gasteiger partial charge in [-0.1, -0.05) is 68.4 Å². The van der Waals surface area contributed by atoms with Crippen LogP contribution in [0.1, 0.15) is 60.6 Å². The van der Waals surface area contributed by atoms with Crippen molar-refractivity contribution >= 4 is 11.8 Å². The van der Waals surface area contributed by atoms with Gasteiger partial charge in [0.25, 0.3) is 0 Å². The molecule has 1 aliphatic rings. The zero-order chi connectivity index (χ0) is 24.2. The van der Waals surface area contributed by atoms with E-state index in [9.17, 15) is 14.0 Å². The Labute approximate surface area is 198 Å². The second kappa shape index (κ2) is 10.2. The summed E-state index contributed by atoms with van der Waals surface area (Å²) in [5.74, 6) is 0.594. The molecule has 1 aliphatic heterocycles. The lowest BCUT2D eigenvalue weighted by Gasteiger charge is -2.27. The molecule has 34 heavy (non-hydrogen) atoms. The van der Waals surface area contributed by atoms with Gasteiger partial charge in [0.2, 0.25) is 11.8 Å². The molecule has 2 amide bonds. The zero-order valence-electron chi connectivity index (χ0n) is 19.7. The van der Waals surface area contributed by atoms with Crippen molar-refractivity contribution in [1.29, 1.82) is 0 Å². The van der Waals surface area contributed by atoms with Crippen molar-refractivity contribution in [2.45, 2.75) is 57.8 Å². The van der Waals surface area contributed by atoms with Crippen LogP contribution < -0.4 is 5.32 Å². The molecule has 2 N–H and O–H groups in total. The van der Waals surface area contributed by atoms with Gasteiger partial charge in [-0.25, -0.2) is 9.37 Å². The largest absolute Gasteiger partial charge is 0.343 e. The van der Waals surface area contributed by atoms with E-state index in [1.165, 1.54) is 10.5 Å². The molecule has 3 atom stereocenters. The number of hydrogen-bond donors (Lipinski definition) is 2. The molecule has 2 heterocycles. The first-order valence-corrected chi connectivity index (χ1v) is 11.6. The van der Waals surface area contributed by atoms with Gasteiger partial charge in [0, 0.05) is 6.42 Å². The number of alkyl halides is 1. The lowest BCUT2D eigenvalue weighted by atomic mass is 9.95. The number of benzene rings is 2. The Hall–Kier alpha value is -3.55. The quantitative estimate of drug-likeness (QED) is 0.560. The summed E-state index contributed by atoms with van der Waals surface area (Å²) in [6, 6.07) is 16.5. The second-order valence-corrected chi connectivity index (χ2v) is 9.07. The van der Waals surface area contributed by atoms with Crippen LogP contribution in [-0.4, -0.2) is 50.7 Å². The lowest BCUT2D eigenvalue weighted by molar-refractivity contribution is -0.138. The molecule has 7 nitrogen and oxygen atoms in total. The van der Waals surface area contributed by atoms with E-state index in [-0.39, 0.29) is 31.2 Å². The van der Waals surface area contributed by atoms with E-state index in [0.29, 0.717) is 17.6 Å². The van der Waals surface area contributed by atoms with Crippen LogP contribution in [0.3, 0.4) is 0 Å². The fourth-order valence-corrected chi connectivity index (χ4v) is 4.34. The second-order valence-electron chi connectivity index (χ2n) is 9.07. The molecule has 8 heteroatoms. The molecule has 0 bridgehead atoms. The molecular weight excluding hydrogens is 433 g/mol. The predicted molar refractivity (Wildman–Crippen MR) is 127 cm³/mol. The maximum absolute atomic E-state index is 14.4. The number of aromatic amines is 1. The van der Waals surface area contributed by atoms with Crippen LogP contribution in [-0.2, 0) is 16.0 Å². The summed E-state index contributed by atoms with van der Waals surface area (Å²) in [6.45, 7) is 5.87. The average molecular weight is 464 g/mol. The standard InChI is InChI=1S/C26H30FN5O2/c1-16(2)18-9-11-20(12-10-18)25(19-7-5-4-6-8-19)29-26(34)22-13-21(27)15-32(22)24(33)14-23-28-17(3)30-31-23/h4-12,16,21-22,25H,13-15H2,1-3H3,(H,29,34)(H,28,30,31). The van der Waals surface area contributed by atoms with Gasteiger partial charge in [-0.3, -0.25) is 14.7 Å². The third-order valence-corrected chi connectivity index (χ3v) is 6.19. The number of hydrogen-bond acceptors (Lipinski definition) is 4. The van der Waals surface area contributed by atoms with E-state index in [0.717, 1.165) is 11.1 Å². The van der Waals surface area contributed by atoms with Gasteiger partial charge < -0.3 is 10.2 Å². The maximum atomic E-state index is 14.4. The minimum absolute atomic E-state index is 0.0270. The molecule has 4 rings (SSSR count). The van der Waals surface area contributed by atoms with E-state index in [1.807, 2.05) is 42.5 Å². The predicted octanol–water partition coefficient (Wildman–Crippen LogP) is 3.62. The number of nitrogens with one attached hydrogen (secondary N) is 2. The van der Waals surface area contributed by atoms with Crippen LogP contribution in [0.4, 0.5) is 4.39 Å². The third kappa shape index (κ3) is 5.32. The van der Waals surface area contributed by atoms with E-state index in [1.54, 1.807) is 6.92 Å². The van der Waals surface area contributed by atoms with Crippen molar-refractivity contribution in [3.63, 3.8) is 0 Å². The van der Waals surface area contributed by atoms with Crippen molar-refractivity contribution in [3.05, 3.63) is 82.9 Å². The van der Waals surface area contributed by atoms with Crippen molar-refractivity contribution in [2.75, 3.05) is 6.54 Å². The monoisotopic (exact) mass is 463 g/mol. The Morgan fingerprint density at radius 1 is 1.09 bits per heavy atom. The Balaban J connectivity index is 1.55. The Kier molecular flexibility index (Phi) is 7.05. The number of halogens is 1. The van der Waals surface area contributed by atoms with Crippen LogP contribution in [0.2, 0.25) is 0 Å². The first-order chi connectivity index (χ1) is 16.3. The first kappa shape index (κ1) is 23.6. The van der Waals surface area contributed by atoms with E-state index in [2.05, 4.69) is 46.5 Å². The summed E-state index contributed by atoms with van der Waals surface area (Å²) in [5.41, 5.74) is 3.05. The highest BCUT2D eigenvalue weighted by atomic mass is 19.1. The number of likely N-dealkylation sites (tertiary alicyclic amines) is 1. The van der Waals surface area contributed by atoms with Crippen LogP contribution >= 0.6 is 0 Å². The molecular formula is C26H30FN5O2. The summed E-state index contributed by atoms with van der Waals surface area (Å²) in [4.78, 5) is 31.8. The Morgan fingerprint density at radius 2 is 1.74 bits per heavy atom. The van der Waals surface area contributed by atoms with E-state index >= 15 is 0 Å². The van der Waals surface area contributed by atoms with Crippen molar-refractivity contribution in [2.24, 2.45) is 0 Å². The van der Waals surface area contributed by atoms with Crippen molar-refractivity contribution < 1.29 is 14.0 Å². The number of nitrogens with zero attached hydrogens (tertiary/aromatic N) is 3. The first-order valence-electron chi connectivity index (χ1n) is 11.6. The number of rotatable bonds is 7. The summed E-state index contributed by atoms with van der Waals surface area (Å²) in [7, 11) is 0. The maximum Gasteiger partial charge on any atom is 0.243 e.